The van der Waals surface area contributed by atoms with Gasteiger partial charge in [0.1, 0.15) is 0 Å². The van der Waals surface area contributed by atoms with E-state index in [0.717, 1.165) is 16.7 Å². The average molecular weight is 353 g/mol. The maximum atomic E-state index is 12.0. The average Bonchev–Trinajstić information content (AvgIpc) is 2.81. The van der Waals surface area contributed by atoms with Gasteiger partial charge >= 0.3 is 0 Å². The number of hydrogen-bond donors (Lipinski definition) is 2. The topological polar surface area (TPSA) is 41.1 Å². The number of anilines is 1. The monoisotopic (exact) mass is 352 g/mol. The summed E-state index contributed by atoms with van der Waals surface area (Å²) in [4.78, 5) is 13.2. The third-order valence-corrected chi connectivity index (χ3v) is 4.61. The van der Waals surface area contributed by atoms with Crippen LogP contribution < -0.4 is 10.6 Å². The number of carbonyl (C=O) groups is 1. The third kappa shape index (κ3) is 4.08. The molecule has 2 aromatic rings. The van der Waals surface area contributed by atoms with Crippen LogP contribution in [-0.4, -0.2) is 11.9 Å². The smallest absolute Gasteiger partial charge is 0.251 e. The van der Waals surface area contributed by atoms with Gasteiger partial charge in [-0.2, -0.15) is 0 Å². The molecule has 2 N–H and O–H groups in total. The lowest BCUT2D eigenvalue weighted by atomic mass is 10.1. The molecule has 106 valence electrons. The molecule has 0 aliphatic rings. The van der Waals surface area contributed by atoms with E-state index in [9.17, 15) is 4.79 Å². The van der Waals surface area contributed by atoms with Crippen LogP contribution in [0, 0.1) is 0 Å². The number of carbonyl (C=O) groups excluding carboxylic acids is 1. The molecular weight excluding hydrogens is 336 g/mol. The van der Waals surface area contributed by atoms with Crippen molar-refractivity contribution in [2.75, 3.05) is 5.32 Å². The van der Waals surface area contributed by atoms with E-state index in [0.29, 0.717) is 5.56 Å². The van der Waals surface area contributed by atoms with Crippen LogP contribution in [0.15, 0.2) is 40.2 Å². The van der Waals surface area contributed by atoms with Crippen molar-refractivity contribution in [2.45, 2.75) is 26.4 Å². The van der Waals surface area contributed by atoms with Crippen LogP contribution in [-0.2, 0) is 6.54 Å². The first kappa shape index (κ1) is 15.1. The van der Waals surface area contributed by atoms with Crippen molar-refractivity contribution >= 4 is 38.9 Å². The Bertz CT molecular complexity index is 595. The minimum absolute atomic E-state index is 0.0408. The Morgan fingerprint density at radius 3 is 2.80 bits per heavy atom. The number of nitrogens with one attached hydrogen (secondary N) is 2. The summed E-state index contributed by atoms with van der Waals surface area (Å²) in [5, 5.41) is 8.28. The Balaban J connectivity index is 2.02. The molecular formula is C15H17BrN2OS. The number of benzene rings is 1. The Morgan fingerprint density at radius 2 is 2.15 bits per heavy atom. The van der Waals surface area contributed by atoms with E-state index in [-0.39, 0.29) is 11.9 Å². The Labute approximate surface area is 131 Å². The van der Waals surface area contributed by atoms with E-state index in [4.69, 9.17) is 0 Å². The minimum atomic E-state index is -0.0408. The normalized spacial score (nSPS) is 10.6. The van der Waals surface area contributed by atoms with Crippen LogP contribution in [0.2, 0.25) is 0 Å². The van der Waals surface area contributed by atoms with Gasteiger partial charge in [-0.1, -0.05) is 6.07 Å². The van der Waals surface area contributed by atoms with Gasteiger partial charge in [0.25, 0.3) is 5.91 Å². The third-order valence-electron chi connectivity index (χ3n) is 2.69. The number of rotatable bonds is 5. The quantitative estimate of drug-likeness (QED) is 0.843. The molecule has 1 aromatic carbocycles. The highest BCUT2D eigenvalue weighted by Crippen LogP contribution is 2.23. The lowest BCUT2D eigenvalue weighted by molar-refractivity contribution is 0.0943. The van der Waals surface area contributed by atoms with Gasteiger partial charge in [-0.3, -0.25) is 4.79 Å². The number of halogens is 1. The summed E-state index contributed by atoms with van der Waals surface area (Å²) < 4.78 is 1.11. The molecule has 0 fully saturated rings. The Hall–Kier alpha value is -1.33. The second kappa shape index (κ2) is 6.90. The summed E-state index contributed by atoms with van der Waals surface area (Å²) in [5.41, 5.74) is 1.62. The van der Waals surface area contributed by atoms with E-state index < -0.39 is 0 Å². The molecule has 1 amide bonds. The van der Waals surface area contributed by atoms with E-state index in [1.54, 1.807) is 11.3 Å². The van der Waals surface area contributed by atoms with Gasteiger partial charge in [-0.15, -0.1) is 11.3 Å². The zero-order valence-electron chi connectivity index (χ0n) is 11.4. The van der Waals surface area contributed by atoms with Crippen LogP contribution in [0.1, 0.15) is 29.1 Å². The number of amides is 1. The van der Waals surface area contributed by atoms with E-state index >= 15 is 0 Å². The maximum absolute atomic E-state index is 12.0. The van der Waals surface area contributed by atoms with Gasteiger partial charge < -0.3 is 10.6 Å². The van der Waals surface area contributed by atoms with E-state index in [2.05, 4.69) is 26.6 Å². The summed E-state index contributed by atoms with van der Waals surface area (Å²) in [6.45, 7) is 4.65. The highest BCUT2D eigenvalue weighted by atomic mass is 79.9. The first-order valence-corrected chi connectivity index (χ1v) is 8.10. The fraction of sp³-hybridized carbons (Fsp3) is 0.267. The van der Waals surface area contributed by atoms with E-state index in [1.807, 2.05) is 49.6 Å². The highest BCUT2D eigenvalue weighted by molar-refractivity contribution is 9.10. The molecule has 1 heterocycles. The van der Waals surface area contributed by atoms with Gasteiger partial charge in [0.2, 0.25) is 0 Å². The van der Waals surface area contributed by atoms with Gasteiger partial charge in [0.15, 0.2) is 0 Å². The lowest BCUT2D eigenvalue weighted by Gasteiger charge is -2.10. The SMILES string of the molecule is CC(C)NC(=O)c1cccc(NCc2sccc2Br)c1. The van der Waals surface area contributed by atoms with Crippen molar-refractivity contribution in [3.8, 4) is 0 Å². The van der Waals surface area contributed by atoms with Crippen LogP contribution in [0.5, 0.6) is 0 Å². The van der Waals surface area contributed by atoms with Crippen molar-refractivity contribution in [1.29, 1.82) is 0 Å². The van der Waals surface area contributed by atoms with E-state index in [1.165, 1.54) is 4.88 Å². The molecule has 0 aliphatic heterocycles. The van der Waals surface area contributed by atoms with Crippen LogP contribution in [0.4, 0.5) is 5.69 Å². The van der Waals surface area contributed by atoms with Crippen LogP contribution in [0.3, 0.4) is 0 Å². The largest absolute Gasteiger partial charge is 0.380 e. The molecule has 0 bridgehead atoms. The summed E-state index contributed by atoms with van der Waals surface area (Å²) in [7, 11) is 0. The summed E-state index contributed by atoms with van der Waals surface area (Å²) in [6.07, 6.45) is 0. The van der Waals surface area contributed by atoms with Crippen LogP contribution >= 0.6 is 27.3 Å². The van der Waals surface area contributed by atoms with Gasteiger partial charge in [0.05, 0.1) is 6.54 Å². The summed E-state index contributed by atoms with van der Waals surface area (Å²) >= 11 is 5.21. The first-order chi connectivity index (χ1) is 9.56. The molecule has 0 saturated heterocycles. The Kier molecular flexibility index (Phi) is 5.20. The highest BCUT2D eigenvalue weighted by Gasteiger charge is 2.07. The molecule has 0 saturated carbocycles. The molecule has 3 nitrogen and oxygen atoms in total. The molecule has 0 radical (unpaired) electrons. The molecule has 0 atom stereocenters. The Morgan fingerprint density at radius 1 is 1.35 bits per heavy atom. The van der Waals surface area contributed by atoms with Crippen molar-refractivity contribution in [1.82, 2.24) is 5.32 Å². The number of hydrogen-bond acceptors (Lipinski definition) is 3. The summed E-state index contributed by atoms with van der Waals surface area (Å²) in [5.74, 6) is -0.0408. The predicted octanol–water partition coefficient (Wildman–Crippen LogP) is 4.26. The lowest BCUT2D eigenvalue weighted by Crippen LogP contribution is -2.30. The van der Waals surface area contributed by atoms with Crippen LogP contribution in [0.25, 0.3) is 0 Å². The maximum Gasteiger partial charge on any atom is 0.251 e. The first-order valence-electron chi connectivity index (χ1n) is 6.43. The van der Waals surface area contributed by atoms with Crippen molar-refractivity contribution < 1.29 is 4.79 Å². The molecule has 0 spiro atoms. The van der Waals surface area contributed by atoms with Gasteiger partial charge in [-0.05, 0) is 59.4 Å². The molecule has 2 rings (SSSR count). The molecule has 0 unspecified atom stereocenters. The molecule has 20 heavy (non-hydrogen) atoms. The predicted molar refractivity (Wildman–Crippen MR) is 88.4 cm³/mol. The zero-order chi connectivity index (χ0) is 14.5. The summed E-state index contributed by atoms with van der Waals surface area (Å²) in [6, 6.07) is 9.73. The fourth-order valence-corrected chi connectivity index (χ4v) is 3.18. The minimum Gasteiger partial charge on any atom is -0.380 e. The number of thiophene rings is 1. The molecule has 0 aliphatic carbocycles. The standard InChI is InChI=1S/C15H17BrN2OS/c1-10(2)18-15(19)11-4-3-5-12(8-11)17-9-14-13(16)6-7-20-14/h3-8,10,17H,9H2,1-2H3,(H,18,19). The van der Waals surface area contributed by atoms with Gasteiger partial charge in [0, 0.05) is 26.6 Å². The van der Waals surface area contributed by atoms with Crippen molar-refractivity contribution in [3.05, 3.63) is 50.6 Å². The second-order valence-corrected chi connectivity index (χ2v) is 6.61. The molecule has 5 heteroatoms. The zero-order valence-corrected chi connectivity index (χ0v) is 13.8. The van der Waals surface area contributed by atoms with Crippen molar-refractivity contribution in [3.63, 3.8) is 0 Å². The molecule has 1 aromatic heterocycles. The fourth-order valence-electron chi connectivity index (χ4n) is 1.75. The second-order valence-electron chi connectivity index (χ2n) is 4.75. The van der Waals surface area contributed by atoms with Crippen molar-refractivity contribution in [2.24, 2.45) is 0 Å². The van der Waals surface area contributed by atoms with Gasteiger partial charge in [-0.25, -0.2) is 0 Å².